The number of anilines is 1. The van der Waals surface area contributed by atoms with Crippen LogP contribution in [-0.4, -0.2) is 46.8 Å². The molecule has 10 heteroatoms. The first-order valence-corrected chi connectivity index (χ1v) is 10.5. The van der Waals surface area contributed by atoms with Gasteiger partial charge in [-0.25, -0.2) is 8.78 Å². The molecule has 1 fully saturated rings. The molecule has 1 aliphatic heterocycles. The minimum atomic E-state index is -0.987. The Morgan fingerprint density at radius 2 is 1.90 bits per heavy atom. The number of amides is 3. The quantitative estimate of drug-likeness (QED) is 0.713. The maximum absolute atomic E-state index is 13.7. The summed E-state index contributed by atoms with van der Waals surface area (Å²) in [6, 6.07) is 10.3. The van der Waals surface area contributed by atoms with Crippen LogP contribution in [0.1, 0.15) is 22.3 Å². The second-order valence-electron chi connectivity index (χ2n) is 6.69. The maximum Gasteiger partial charge on any atom is 0.254 e. The van der Waals surface area contributed by atoms with Crippen LogP contribution >= 0.6 is 11.8 Å². The smallest absolute Gasteiger partial charge is 0.254 e. The lowest BCUT2D eigenvalue weighted by Gasteiger charge is -2.23. The molecule has 0 radical (unpaired) electrons. The summed E-state index contributed by atoms with van der Waals surface area (Å²) in [6.45, 7) is -0.0559. The molecule has 3 amide bonds. The second kappa shape index (κ2) is 10.0. The summed E-state index contributed by atoms with van der Waals surface area (Å²) in [7, 11) is 0. The SMILES string of the molecule is N#Cc1ccc(NC(=O)C2CSCN2C(=O)CCNC(=O)c2ccc(F)cc2F)cc1. The molecule has 1 saturated heterocycles. The highest BCUT2D eigenvalue weighted by atomic mass is 32.2. The topological polar surface area (TPSA) is 102 Å². The third-order valence-electron chi connectivity index (χ3n) is 4.59. The summed E-state index contributed by atoms with van der Waals surface area (Å²) in [4.78, 5) is 38.6. The molecule has 31 heavy (non-hydrogen) atoms. The van der Waals surface area contributed by atoms with E-state index in [4.69, 9.17) is 5.26 Å². The van der Waals surface area contributed by atoms with Crippen LogP contribution in [0.5, 0.6) is 0 Å². The van der Waals surface area contributed by atoms with E-state index in [1.165, 1.54) is 16.7 Å². The first-order chi connectivity index (χ1) is 14.9. The third-order valence-corrected chi connectivity index (χ3v) is 5.60. The minimum absolute atomic E-state index is 0.0559. The van der Waals surface area contributed by atoms with Gasteiger partial charge in [0.15, 0.2) is 0 Å². The minimum Gasteiger partial charge on any atom is -0.351 e. The summed E-state index contributed by atoms with van der Waals surface area (Å²) in [5, 5.41) is 14.0. The van der Waals surface area contributed by atoms with E-state index in [0.29, 0.717) is 28.9 Å². The number of thioether (sulfide) groups is 1. The van der Waals surface area contributed by atoms with Crippen LogP contribution in [0.2, 0.25) is 0 Å². The Labute approximate surface area is 181 Å². The summed E-state index contributed by atoms with van der Waals surface area (Å²) in [5.74, 6) is -2.44. The van der Waals surface area contributed by atoms with Crippen molar-refractivity contribution in [1.82, 2.24) is 10.2 Å². The number of carbonyl (C=O) groups is 3. The maximum atomic E-state index is 13.7. The van der Waals surface area contributed by atoms with E-state index in [1.807, 2.05) is 6.07 Å². The fourth-order valence-electron chi connectivity index (χ4n) is 2.95. The van der Waals surface area contributed by atoms with E-state index in [0.717, 1.165) is 12.1 Å². The highest BCUT2D eigenvalue weighted by Gasteiger charge is 2.34. The molecule has 2 aromatic carbocycles. The standard InChI is InChI=1S/C21H18F2N4O3S/c22-14-3-6-16(17(23)9-14)20(29)25-8-7-19(28)27-12-31-11-18(27)21(30)26-15-4-1-13(10-24)2-5-15/h1-6,9,18H,7-8,11-12H2,(H,25,29)(H,26,30). The van der Waals surface area contributed by atoms with Crippen LogP contribution in [0.4, 0.5) is 14.5 Å². The number of benzene rings is 2. The zero-order valence-corrected chi connectivity index (χ0v) is 17.0. The van der Waals surface area contributed by atoms with E-state index < -0.39 is 23.6 Å². The van der Waals surface area contributed by atoms with Crippen LogP contribution in [0.15, 0.2) is 42.5 Å². The summed E-state index contributed by atoms with van der Waals surface area (Å²) >= 11 is 1.43. The lowest BCUT2D eigenvalue weighted by atomic mass is 10.2. The van der Waals surface area contributed by atoms with Crippen molar-refractivity contribution in [3.63, 3.8) is 0 Å². The van der Waals surface area contributed by atoms with E-state index in [9.17, 15) is 23.2 Å². The van der Waals surface area contributed by atoms with Crippen LogP contribution < -0.4 is 10.6 Å². The Bertz CT molecular complexity index is 1040. The fraction of sp³-hybridized carbons (Fsp3) is 0.238. The molecule has 1 heterocycles. The Morgan fingerprint density at radius 3 is 2.58 bits per heavy atom. The lowest BCUT2D eigenvalue weighted by molar-refractivity contribution is -0.136. The highest BCUT2D eigenvalue weighted by Crippen LogP contribution is 2.23. The number of nitrogens with zero attached hydrogens (tertiary/aromatic N) is 2. The monoisotopic (exact) mass is 444 g/mol. The van der Waals surface area contributed by atoms with Crippen molar-refractivity contribution in [2.75, 3.05) is 23.5 Å². The lowest BCUT2D eigenvalue weighted by Crippen LogP contribution is -2.45. The van der Waals surface area contributed by atoms with Crippen LogP contribution in [0, 0.1) is 23.0 Å². The molecule has 160 valence electrons. The number of nitrogens with one attached hydrogen (secondary N) is 2. The Kier molecular flexibility index (Phi) is 7.20. The van der Waals surface area contributed by atoms with E-state index in [-0.39, 0.29) is 30.3 Å². The molecule has 2 N–H and O–H groups in total. The summed E-state index contributed by atoms with van der Waals surface area (Å²) in [5.41, 5.74) is 0.668. The van der Waals surface area contributed by atoms with Gasteiger partial charge in [-0.2, -0.15) is 5.26 Å². The average molecular weight is 444 g/mol. The molecule has 0 bridgehead atoms. The van der Waals surface area contributed by atoms with Crippen molar-refractivity contribution in [2.24, 2.45) is 0 Å². The first kappa shape index (κ1) is 22.2. The third kappa shape index (κ3) is 5.58. The second-order valence-corrected chi connectivity index (χ2v) is 7.69. The molecular weight excluding hydrogens is 426 g/mol. The van der Waals surface area contributed by atoms with Gasteiger partial charge in [0.25, 0.3) is 5.91 Å². The molecular formula is C21H18F2N4O3S. The van der Waals surface area contributed by atoms with E-state index in [1.54, 1.807) is 24.3 Å². The van der Waals surface area contributed by atoms with E-state index in [2.05, 4.69) is 10.6 Å². The van der Waals surface area contributed by atoms with Crippen molar-refractivity contribution >= 4 is 35.2 Å². The van der Waals surface area contributed by atoms with Crippen molar-refractivity contribution in [1.29, 1.82) is 5.26 Å². The van der Waals surface area contributed by atoms with Crippen LogP contribution in [0.25, 0.3) is 0 Å². The average Bonchev–Trinajstić information content (AvgIpc) is 3.24. The molecule has 1 unspecified atom stereocenters. The molecule has 1 atom stereocenters. The molecule has 2 aromatic rings. The van der Waals surface area contributed by atoms with Gasteiger partial charge in [0.1, 0.15) is 17.7 Å². The van der Waals surface area contributed by atoms with Crippen molar-refractivity contribution < 1.29 is 23.2 Å². The number of rotatable bonds is 6. The largest absolute Gasteiger partial charge is 0.351 e. The number of hydrogen-bond donors (Lipinski definition) is 2. The summed E-state index contributed by atoms with van der Waals surface area (Å²) in [6.07, 6.45) is -0.0737. The molecule has 0 aromatic heterocycles. The molecule has 1 aliphatic rings. The van der Waals surface area contributed by atoms with Crippen molar-refractivity contribution in [3.8, 4) is 6.07 Å². The predicted octanol–water partition coefficient (Wildman–Crippen LogP) is 2.50. The van der Waals surface area contributed by atoms with Gasteiger partial charge in [-0.1, -0.05) is 0 Å². The molecule has 3 rings (SSSR count). The van der Waals surface area contributed by atoms with Gasteiger partial charge >= 0.3 is 0 Å². The van der Waals surface area contributed by atoms with Gasteiger partial charge in [0.05, 0.1) is 23.1 Å². The van der Waals surface area contributed by atoms with Gasteiger partial charge in [-0.05, 0) is 36.4 Å². The van der Waals surface area contributed by atoms with Crippen LogP contribution in [0.3, 0.4) is 0 Å². The Balaban J connectivity index is 1.52. The Morgan fingerprint density at radius 1 is 1.16 bits per heavy atom. The molecule has 7 nitrogen and oxygen atoms in total. The highest BCUT2D eigenvalue weighted by molar-refractivity contribution is 7.99. The summed E-state index contributed by atoms with van der Waals surface area (Å²) < 4.78 is 26.6. The molecule has 0 aliphatic carbocycles. The Hall–Kier alpha value is -3.45. The zero-order chi connectivity index (χ0) is 22.4. The van der Waals surface area contributed by atoms with Crippen molar-refractivity contribution in [3.05, 3.63) is 65.2 Å². The van der Waals surface area contributed by atoms with E-state index >= 15 is 0 Å². The number of carbonyl (C=O) groups excluding carboxylic acids is 3. The fourth-order valence-corrected chi connectivity index (χ4v) is 4.14. The van der Waals surface area contributed by atoms with Gasteiger partial charge in [-0.15, -0.1) is 11.8 Å². The van der Waals surface area contributed by atoms with Crippen molar-refractivity contribution in [2.45, 2.75) is 12.5 Å². The normalized spacial score (nSPS) is 15.3. The number of hydrogen-bond acceptors (Lipinski definition) is 5. The predicted molar refractivity (Wildman–Crippen MR) is 111 cm³/mol. The van der Waals surface area contributed by atoms with Gasteiger partial charge in [0, 0.05) is 30.5 Å². The molecule has 0 saturated carbocycles. The van der Waals surface area contributed by atoms with Gasteiger partial charge in [-0.3, -0.25) is 14.4 Å². The zero-order valence-electron chi connectivity index (χ0n) is 16.2. The van der Waals surface area contributed by atoms with Gasteiger partial charge < -0.3 is 15.5 Å². The first-order valence-electron chi connectivity index (χ1n) is 9.30. The van der Waals surface area contributed by atoms with Crippen LogP contribution in [-0.2, 0) is 9.59 Å². The van der Waals surface area contributed by atoms with Gasteiger partial charge in [0.2, 0.25) is 11.8 Å². The number of halogens is 2. The molecule has 0 spiro atoms. The number of nitriles is 1.